The van der Waals surface area contributed by atoms with Crippen molar-refractivity contribution in [1.82, 2.24) is 5.32 Å². The first-order valence-electron chi connectivity index (χ1n) is 5.57. The van der Waals surface area contributed by atoms with Crippen molar-refractivity contribution < 1.29 is 9.53 Å². The van der Waals surface area contributed by atoms with Crippen molar-refractivity contribution in [2.45, 2.75) is 45.8 Å². The number of hydrogen-bond acceptors (Lipinski definition) is 3. The summed E-state index contributed by atoms with van der Waals surface area (Å²) in [7, 11) is 1.57. The second kappa shape index (κ2) is 7.65. The van der Waals surface area contributed by atoms with E-state index >= 15 is 0 Å². The van der Waals surface area contributed by atoms with Gasteiger partial charge < -0.3 is 15.8 Å². The summed E-state index contributed by atoms with van der Waals surface area (Å²) >= 11 is 0. The van der Waals surface area contributed by atoms with E-state index in [1.54, 1.807) is 7.11 Å². The van der Waals surface area contributed by atoms with E-state index in [0.717, 1.165) is 6.42 Å². The molecule has 0 aliphatic carbocycles. The Balaban J connectivity index is 3.92. The summed E-state index contributed by atoms with van der Waals surface area (Å²) in [6, 6.07) is 0.206. The molecule has 4 heteroatoms. The molecule has 0 aromatic heterocycles. The van der Waals surface area contributed by atoms with E-state index in [0.29, 0.717) is 18.9 Å². The van der Waals surface area contributed by atoms with Crippen LogP contribution in [0.1, 0.15) is 33.6 Å². The topological polar surface area (TPSA) is 64.4 Å². The summed E-state index contributed by atoms with van der Waals surface area (Å²) in [5.74, 6) is 0.507. The first-order valence-corrected chi connectivity index (χ1v) is 5.57. The van der Waals surface area contributed by atoms with Gasteiger partial charge in [0.15, 0.2) is 0 Å². The van der Waals surface area contributed by atoms with Gasteiger partial charge in [-0.05, 0) is 12.8 Å². The van der Waals surface area contributed by atoms with Gasteiger partial charge in [-0.15, -0.1) is 0 Å². The minimum absolute atomic E-state index is 0.0140. The van der Waals surface area contributed by atoms with Crippen LogP contribution in [-0.2, 0) is 9.53 Å². The van der Waals surface area contributed by atoms with Crippen LogP contribution >= 0.6 is 0 Å². The molecule has 1 amide bonds. The lowest BCUT2D eigenvalue weighted by molar-refractivity contribution is -0.124. The maximum absolute atomic E-state index is 11.6. The third-order valence-corrected chi connectivity index (χ3v) is 2.90. The Labute approximate surface area is 92.6 Å². The molecule has 0 radical (unpaired) electrons. The highest BCUT2D eigenvalue weighted by molar-refractivity contribution is 5.76. The Morgan fingerprint density at radius 3 is 2.47 bits per heavy atom. The van der Waals surface area contributed by atoms with Crippen LogP contribution in [0.25, 0.3) is 0 Å². The molecule has 0 aromatic carbocycles. The minimum atomic E-state index is -0.172. The van der Waals surface area contributed by atoms with Crippen LogP contribution in [0, 0.1) is 5.92 Å². The summed E-state index contributed by atoms with van der Waals surface area (Å²) in [5, 5.41) is 2.96. The van der Waals surface area contributed by atoms with Crippen LogP contribution in [0.2, 0.25) is 0 Å². The maximum atomic E-state index is 11.6. The lowest BCUT2D eigenvalue weighted by Crippen LogP contribution is -2.39. The summed E-state index contributed by atoms with van der Waals surface area (Å²) in [5.41, 5.74) is 5.44. The molecule has 0 bridgehead atoms. The molecule has 3 atom stereocenters. The van der Waals surface area contributed by atoms with Gasteiger partial charge in [-0.25, -0.2) is 0 Å². The van der Waals surface area contributed by atoms with Gasteiger partial charge in [0.25, 0.3) is 0 Å². The Morgan fingerprint density at radius 1 is 1.47 bits per heavy atom. The zero-order chi connectivity index (χ0) is 11.8. The van der Waals surface area contributed by atoms with Crippen molar-refractivity contribution in [3.05, 3.63) is 0 Å². The van der Waals surface area contributed by atoms with Gasteiger partial charge in [-0.3, -0.25) is 4.79 Å². The Hall–Kier alpha value is -0.610. The van der Waals surface area contributed by atoms with Crippen molar-refractivity contribution >= 4 is 5.91 Å². The van der Waals surface area contributed by atoms with Gasteiger partial charge in [-0.2, -0.15) is 0 Å². The average molecular weight is 216 g/mol. The summed E-state index contributed by atoms with van der Waals surface area (Å²) in [4.78, 5) is 11.6. The molecule has 90 valence electrons. The first-order chi connectivity index (χ1) is 7.04. The van der Waals surface area contributed by atoms with Gasteiger partial charge in [0.2, 0.25) is 5.91 Å². The maximum Gasteiger partial charge on any atom is 0.222 e. The number of nitrogens with one attached hydrogen (secondary N) is 1. The van der Waals surface area contributed by atoms with E-state index in [4.69, 9.17) is 10.5 Å². The van der Waals surface area contributed by atoms with E-state index in [9.17, 15) is 4.79 Å². The molecule has 0 heterocycles. The predicted molar refractivity (Wildman–Crippen MR) is 61.5 cm³/mol. The lowest BCUT2D eigenvalue weighted by Gasteiger charge is -2.21. The van der Waals surface area contributed by atoms with E-state index in [-0.39, 0.29) is 18.1 Å². The highest BCUT2D eigenvalue weighted by Crippen LogP contribution is 2.07. The SMILES string of the molecule is CCC(C)C(C)NC(=O)CC(CN)OC. The summed E-state index contributed by atoms with van der Waals surface area (Å²) in [6.07, 6.45) is 1.23. The van der Waals surface area contributed by atoms with Crippen molar-refractivity contribution in [2.24, 2.45) is 11.7 Å². The fourth-order valence-electron chi connectivity index (χ4n) is 1.28. The zero-order valence-corrected chi connectivity index (χ0v) is 10.2. The number of methoxy groups -OCH3 is 1. The first kappa shape index (κ1) is 14.4. The number of rotatable bonds is 7. The third-order valence-electron chi connectivity index (χ3n) is 2.90. The van der Waals surface area contributed by atoms with Crippen LogP contribution in [0.5, 0.6) is 0 Å². The number of hydrogen-bond donors (Lipinski definition) is 2. The fraction of sp³-hybridized carbons (Fsp3) is 0.909. The molecule has 0 aromatic rings. The molecule has 0 saturated heterocycles. The molecule has 4 nitrogen and oxygen atoms in total. The standard InChI is InChI=1S/C11H24N2O2/c1-5-8(2)9(3)13-11(14)6-10(7-12)15-4/h8-10H,5-7,12H2,1-4H3,(H,13,14). The van der Waals surface area contributed by atoms with E-state index in [1.165, 1.54) is 0 Å². The highest BCUT2D eigenvalue weighted by Gasteiger charge is 2.16. The molecular weight excluding hydrogens is 192 g/mol. The largest absolute Gasteiger partial charge is 0.380 e. The second-order valence-corrected chi connectivity index (χ2v) is 4.04. The van der Waals surface area contributed by atoms with E-state index < -0.39 is 0 Å². The molecule has 3 unspecified atom stereocenters. The fourth-order valence-corrected chi connectivity index (χ4v) is 1.28. The second-order valence-electron chi connectivity index (χ2n) is 4.04. The zero-order valence-electron chi connectivity index (χ0n) is 10.2. The Kier molecular flexibility index (Phi) is 7.34. The number of nitrogens with two attached hydrogens (primary N) is 1. The predicted octanol–water partition coefficient (Wildman–Crippen LogP) is 0.901. The molecule has 0 aliphatic rings. The highest BCUT2D eigenvalue weighted by atomic mass is 16.5. The molecule has 0 rings (SSSR count). The van der Waals surface area contributed by atoms with Crippen LogP contribution in [0.15, 0.2) is 0 Å². The average Bonchev–Trinajstić information content (AvgIpc) is 2.24. The molecule has 0 spiro atoms. The number of ether oxygens (including phenoxy) is 1. The van der Waals surface area contributed by atoms with Crippen LogP contribution in [0.4, 0.5) is 0 Å². The third kappa shape index (κ3) is 5.74. The quantitative estimate of drug-likeness (QED) is 0.664. The number of carbonyl (C=O) groups excluding carboxylic acids is 1. The number of carbonyl (C=O) groups is 1. The minimum Gasteiger partial charge on any atom is -0.380 e. The van der Waals surface area contributed by atoms with Gasteiger partial charge >= 0.3 is 0 Å². The van der Waals surface area contributed by atoms with Gasteiger partial charge in [0.05, 0.1) is 12.5 Å². The molecule has 0 aliphatic heterocycles. The van der Waals surface area contributed by atoms with E-state index in [2.05, 4.69) is 19.2 Å². The van der Waals surface area contributed by atoms with Gasteiger partial charge in [0.1, 0.15) is 0 Å². The summed E-state index contributed by atoms with van der Waals surface area (Å²) < 4.78 is 5.05. The Morgan fingerprint density at radius 2 is 2.07 bits per heavy atom. The van der Waals surface area contributed by atoms with Crippen LogP contribution < -0.4 is 11.1 Å². The van der Waals surface area contributed by atoms with Gasteiger partial charge in [0, 0.05) is 19.7 Å². The molecule has 15 heavy (non-hydrogen) atoms. The van der Waals surface area contributed by atoms with Crippen LogP contribution in [0.3, 0.4) is 0 Å². The summed E-state index contributed by atoms with van der Waals surface area (Å²) in [6.45, 7) is 6.64. The number of amides is 1. The normalized spacial score (nSPS) is 16.9. The molecule has 0 saturated carbocycles. The van der Waals surface area contributed by atoms with E-state index in [1.807, 2.05) is 6.92 Å². The molecule has 0 fully saturated rings. The smallest absolute Gasteiger partial charge is 0.222 e. The monoisotopic (exact) mass is 216 g/mol. The van der Waals surface area contributed by atoms with Crippen molar-refractivity contribution in [3.8, 4) is 0 Å². The van der Waals surface area contributed by atoms with Crippen molar-refractivity contribution in [3.63, 3.8) is 0 Å². The van der Waals surface area contributed by atoms with Gasteiger partial charge in [-0.1, -0.05) is 20.3 Å². The molecular formula is C11H24N2O2. The van der Waals surface area contributed by atoms with Crippen molar-refractivity contribution in [1.29, 1.82) is 0 Å². The van der Waals surface area contributed by atoms with Crippen molar-refractivity contribution in [2.75, 3.05) is 13.7 Å². The lowest BCUT2D eigenvalue weighted by atomic mass is 10.0. The Bertz CT molecular complexity index is 181. The molecule has 3 N–H and O–H groups in total. The van der Waals surface area contributed by atoms with Crippen LogP contribution in [-0.4, -0.2) is 31.7 Å².